The number of hydrogen-bond acceptors (Lipinski definition) is 5. The highest BCUT2D eigenvalue weighted by Gasteiger charge is 2.37. The second-order valence-corrected chi connectivity index (χ2v) is 6.99. The number of carbonyl (C=O) groups is 4. The van der Waals surface area contributed by atoms with Crippen LogP contribution in [-0.2, 0) is 30.3 Å². The molecule has 1 aromatic rings. The fourth-order valence-corrected chi connectivity index (χ4v) is 3.03. The molecule has 0 bridgehead atoms. The summed E-state index contributed by atoms with van der Waals surface area (Å²) < 4.78 is 5.03. The highest BCUT2D eigenvalue weighted by Crippen LogP contribution is 2.28. The largest absolute Gasteiger partial charge is 0.455 e. The van der Waals surface area contributed by atoms with E-state index in [-0.39, 0.29) is 37.4 Å². The molecular formula is C20H27N3O5. The molecular weight excluding hydrogens is 362 g/mol. The van der Waals surface area contributed by atoms with Crippen LogP contribution in [0.4, 0.5) is 5.69 Å². The van der Waals surface area contributed by atoms with Gasteiger partial charge in [-0.25, -0.2) is 0 Å². The van der Waals surface area contributed by atoms with Gasteiger partial charge in [0.15, 0.2) is 6.61 Å². The molecule has 1 aliphatic rings. The van der Waals surface area contributed by atoms with Gasteiger partial charge in [0, 0.05) is 24.7 Å². The molecule has 1 saturated heterocycles. The summed E-state index contributed by atoms with van der Waals surface area (Å²) in [7, 11) is 0. The number of nitrogens with one attached hydrogen (secondary N) is 2. The third-order valence-electron chi connectivity index (χ3n) is 4.36. The molecule has 1 heterocycles. The lowest BCUT2D eigenvalue weighted by Crippen LogP contribution is -2.41. The van der Waals surface area contributed by atoms with Crippen molar-refractivity contribution in [1.82, 2.24) is 10.6 Å². The maximum atomic E-state index is 12.4. The molecule has 0 saturated carbocycles. The SMILES string of the molecule is CCc1ccccc1N1C[C@@H](C(=O)OCC(=O)NCC(=O)NC(C)C)CC1=O. The Balaban J connectivity index is 1.83. The predicted octanol–water partition coefficient (Wildman–Crippen LogP) is 0.786. The smallest absolute Gasteiger partial charge is 0.311 e. The Bertz CT molecular complexity index is 747. The normalized spacial score (nSPS) is 16.2. The zero-order valence-corrected chi connectivity index (χ0v) is 16.5. The minimum atomic E-state index is -0.616. The molecule has 2 rings (SSSR count). The van der Waals surface area contributed by atoms with E-state index in [1.807, 2.05) is 45.0 Å². The molecule has 8 nitrogen and oxygen atoms in total. The van der Waals surface area contributed by atoms with Crippen LogP contribution in [0.2, 0.25) is 0 Å². The first kappa shape index (κ1) is 21.4. The number of amides is 3. The van der Waals surface area contributed by atoms with Gasteiger partial charge in [-0.2, -0.15) is 0 Å². The lowest BCUT2D eigenvalue weighted by Gasteiger charge is -2.19. The van der Waals surface area contributed by atoms with Crippen LogP contribution in [0.3, 0.4) is 0 Å². The zero-order valence-electron chi connectivity index (χ0n) is 16.5. The minimum Gasteiger partial charge on any atom is -0.455 e. The van der Waals surface area contributed by atoms with Gasteiger partial charge in [-0.15, -0.1) is 0 Å². The molecule has 152 valence electrons. The Kier molecular flexibility index (Phi) is 7.54. The number of carbonyl (C=O) groups excluding carboxylic acids is 4. The van der Waals surface area contributed by atoms with Gasteiger partial charge in [0.05, 0.1) is 12.5 Å². The maximum Gasteiger partial charge on any atom is 0.311 e. The van der Waals surface area contributed by atoms with Crippen molar-refractivity contribution >= 4 is 29.4 Å². The second-order valence-electron chi connectivity index (χ2n) is 6.99. The molecule has 3 amide bonds. The average Bonchev–Trinajstić information content (AvgIpc) is 3.05. The zero-order chi connectivity index (χ0) is 20.7. The summed E-state index contributed by atoms with van der Waals surface area (Å²) in [5.41, 5.74) is 1.84. The van der Waals surface area contributed by atoms with Crippen LogP contribution in [0.1, 0.15) is 32.8 Å². The van der Waals surface area contributed by atoms with E-state index in [0.29, 0.717) is 0 Å². The number of aryl methyl sites for hydroxylation is 1. The first-order chi connectivity index (χ1) is 13.3. The molecule has 0 radical (unpaired) electrons. The van der Waals surface area contributed by atoms with E-state index >= 15 is 0 Å². The number of anilines is 1. The molecule has 8 heteroatoms. The molecule has 0 aliphatic carbocycles. The summed E-state index contributed by atoms with van der Waals surface area (Å²) >= 11 is 0. The van der Waals surface area contributed by atoms with Crippen molar-refractivity contribution in [2.75, 3.05) is 24.6 Å². The summed E-state index contributed by atoms with van der Waals surface area (Å²) in [5, 5.41) is 5.02. The number of para-hydroxylation sites is 1. The van der Waals surface area contributed by atoms with E-state index in [0.717, 1.165) is 17.7 Å². The van der Waals surface area contributed by atoms with Crippen LogP contribution >= 0.6 is 0 Å². The van der Waals surface area contributed by atoms with Gasteiger partial charge in [-0.3, -0.25) is 19.2 Å². The van der Waals surface area contributed by atoms with Crippen molar-refractivity contribution in [3.63, 3.8) is 0 Å². The molecule has 0 spiro atoms. The lowest BCUT2D eigenvalue weighted by atomic mass is 10.1. The van der Waals surface area contributed by atoms with Gasteiger partial charge in [0.1, 0.15) is 0 Å². The Morgan fingerprint density at radius 3 is 2.61 bits per heavy atom. The maximum absolute atomic E-state index is 12.4. The highest BCUT2D eigenvalue weighted by molar-refractivity contribution is 6.00. The average molecular weight is 389 g/mol. The number of benzene rings is 1. The number of ether oxygens (including phenoxy) is 1. The third kappa shape index (κ3) is 5.80. The number of esters is 1. The van der Waals surface area contributed by atoms with Gasteiger partial charge < -0.3 is 20.3 Å². The van der Waals surface area contributed by atoms with E-state index < -0.39 is 24.4 Å². The van der Waals surface area contributed by atoms with Gasteiger partial charge in [-0.1, -0.05) is 25.1 Å². The molecule has 1 fully saturated rings. The summed E-state index contributed by atoms with van der Waals surface area (Å²) in [6.45, 7) is 5.19. The van der Waals surface area contributed by atoms with Crippen LogP contribution in [0.5, 0.6) is 0 Å². The Morgan fingerprint density at radius 1 is 1.21 bits per heavy atom. The van der Waals surface area contributed by atoms with Crippen LogP contribution in [0.25, 0.3) is 0 Å². The highest BCUT2D eigenvalue weighted by atomic mass is 16.5. The molecule has 1 atom stereocenters. The van der Waals surface area contributed by atoms with E-state index in [2.05, 4.69) is 10.6 Å². The quantitative estimate of drug-likeness (QED) is 0.640. The molecule has 2 N–H and O–H groups in total. The second kappa shape index (κ2) is 9.87. The minimum absolute atomic E-state index is 0.0251. The first-order valence-electron chi connectivity index (χ1n) is 9.42. The number of nitrogens with zero attached hydrogens (tertiary/aromatic N) is 1. The van der Waals surface area contributed by atoms with E-state index in [4.69, 9.17) is 4.74 Å². The molecule has 0 unspecified atom stereocenters. The van der Waals surface area contributed by atoms with Crippen molar-refractivity contribution < 1.29 is 23.9 Å². The number of rotatable bonds is 8. The fraction of sp³-hybridized carbons (Fsp3) is 0.500. The summed E-state index contributed by atoms with van der Waals surface area (Å²) in [6, 6.07) is 7.55. The lowest BCUT2D eigenvalue weighted by molar-refractivity contribution is -0.152. The van der Waals surface area contributed by atoms with Gasteiger partial charge in [-0.05, 0) is 31.9 Å². The predicted molar refractivity (Wildman–Crippen MR) is 104 cm³/mol. The summed E-state index contributed by atoms with van der Waals surface area (Å²) in [4.78, 5) is 49.4. The summed E-state index contributed by atoms with van der Waals surface area (Å²) in [6.07, 6.45) is 0.828. The molecule has 1 aliphatic heterocycles. The topological polar surface area (TPSA) is 105 Å². The van der Waals surface area contributed by atoms with Crippen molar-refractivity contribution in [3.05, 3.63) is 29.8 Å². The van der Waals surface area contributed by atoms with Crippen molar-refractivity contribution in [2.45, 2.75) is 39.7 Å². The standard InChI is InChI=1S/C20H27N3O5/c1-4-14-7-5-6-8-16(14)23-11-15(9-19(23)26)20(27)28-12-18(25)21-10-17(24)22-13(2)3/h5-8,13,15H,4,9-12H2,1-3H3,(H,21,25)(H,22,24)/t15-/m0/s1. The van der Waals surface area contributed by atoms with E-state index in [1.54, 1.807) is 4.90 Å². The van der Waals surface area contributed by atoms with Crippen LogP contribution < -0.4 is 15.5 Å². The monoisotopic (exact) mass is 389 g/mol. The van der Waals surface area contributed by atoms with Gasteiger partial charge in [0.25, 0.3) is 5.91 Å². The molecule has 28 heavy (non-hydrogen) atoms. The van der Waals surface area contributed by atoms with Gasteiger partial charge in [0.2, 0.25) is 11.8 Å². The first-order valence-corrected chi connectivity index (χ1v) is 9.42. The van der Waals surface area contributed by atoms with Crippen LogP contribution in [-0.4, -0.2) is 49.4 Å². The molecule has 1 aromatic carbocycles. The van der Waals surface area contributed by atoms with Crippen LogP contribution in [0.15, 0.2) is 24.3 Å². The fourth-order valence-electron chi connectivity index (χ4n) is 3.03. The Hall–Kier alpha value is -2.90. The third-order valence-corrected chi connectivity index (χ3v) is 4.36. The van der Waals surface area contributed by atoms with Crippen molar-refractivity contribution in [1.29, 1.82) is 0 Å². The van der Waals surface area contributed by atoms with E-state index in [1.165, 1.54) is 0 Å². The summed E-state index contributed by atoms with van der Waals surface area (Å²) in [5.74, 6) is -2.23. The van der Waals surface area contributed by atoms with Crippen LogP contribution in [0, 0.1) is 5.92 Å². The Labute approximate surface area is 164 Å². The van der Waals surface area contributed by atoms with Gasteiger partial charge >= 0.3 is 5.97 Å². The Morgan fingerprint density at radius 2 is 1.93 bits per heavy atom. The van der Waals surface area contributed by atoms with E-state index in [9.17, 15) is 19.2 Å². The molecule has 0 aromatic heterocycles. The number of hydrogen-bond donors (Lipinski definition) is 2. The van der Waals surface area contributed by atoms with Crippen molar-refractivity contribution in [3.8, 4) is 0 Å². The van der Waals surface area contributed by atoms with Crippen molar-refractivity contribution in [2.24, 2.45) is 5.92 Å².